The summed E-state index contributed by atoms with van der Waals surface area (Å²) >= 11 is 6.05. The number of hydrogen-bond donors (Lipinski definition) is 1. The van der Waals surface area contributed by atoms with Gasteiger partial charge in [0.1, 0.15) is 0 Å². The summed E-state index contributed by atoms with van der Waals surface area (Å²) in [4.78, 5) is 0. The molecule has 0 bridgehead atoms. The third-order valence-electron chi connectivity index (χ3n) is 2.31. The van der Waals surface area contributed by atoms with Crippen LogP contribution in [0.3, 0.4) is 0 Å². The van der Waals surface area contributed by atoms with Gasteiger partial charge in [-0.05, 0) is 18.8 Å². The van der Waals surface area contributed by atoms with E-state index in [1.165, 1.54) is 0 Å². The molecule has 0 aromatic heterocycles. The van der Waals surface area contributed by atoms with E-state index in [1.54, 1.807) is 6.92 Å². The molecule has 1 nitrogen and oxygen atoms in total. The fraction of sp³-hybridized carbons (Fsp3) is 1.00. The normalized spacial score (nSPS) is 18.8. The molecule has 0 aromatic rings. The fourth-order valence-electron chi connectivity index (χ4n) is 0.993. The van der Waals surface area contributed by atoms with E-state index < -0.39 is 5.60 Å². The van der Waals surface area contributed by atoms with Crippen molar-refractivity contribution in [2.24, 2.45) is 11.8 Å². The Hall–Kier alpha value is 0.250. The molecule has 0 saturated carbocycles. The minimum absolute atomic E-state index is 0. The summed E-state index contributed by atoms with van der Waals surface area (Å²) in [7, 11) is 0. The van der Waals surface area contributed by atoms with Gasteiger partial charge in [0.25, 0.3) is 0 Å². The highest BCUT2D eigenvalue weighted by molar-refractivity contribution is 6.21. The fourth-order valence-corrected chi connectivity index (χ4v) is 1.25. The van der Waals surface area contributed by atoms with Crippen LogP contribution in [-0.2, 0) is 0 Å². The molecule has 2 unspecified atom stereocenters. The van der Waals surface area contributed by atoms with Crippen LogP contribution in [0.2, 0.25) is 0 Å². The molecule has 76 valence electrons. The van der Waals surface area contributed by atoms with Gasteiger partial charge in [0, 0.05) is 0 Å². The third kappa shape index (κ3) is 3.32. The van der Waals surface area contributed by atoms with E-state index in [4.69, 9.17) is 11.6 Å². The first-order valence-electron chi connectivity index (χ1n) is 4.16. The summed E-state index contributed by atoms with van der Waals surface area (Å²) in [6.07, 6.45) is 0. The Morgan fingerprint density at radius 1 is 1.17 bits per heavy atom. The second-order valence-electron chi connectivity index (χ2n) is 4.03. The van der Waals surface area contributed by atoms with Crippen LogP contribution in [0.5, 0.6) is 0 Å². The predicted octanol–water partition coefficient (Wildman–Crippen LogP) is 3.29. The summed E-state index contributed by atoms with van der Waals surface area (Å²) in [5, 5.41) is 9.73. The molecule has 0 fully saturated rings. The first-order valence-corrected chi connectivity index (χ1v) is 4.60. The van der Waals surface area contributed by atoms with E-state index in [0.717, 1.165) is 0 Å². The van der Waals surface area contributed by atoms with Gasteiger partial charge in [-0.15, -0.1) is 11.6 Å². The predicted molar refractivity (Wildman–Crippen MR) is 56.7 cm³/mol. The monoisotopic (exact) mass is 194 g/mol. The molecule has 0 heterocycles. The second-order valence-corrected chi connectivity index (χ2v) is 4.50. The van der Waals surface area contributed by atoms with Crippen molar-refractivity contribution in [2.75, 3.05) is 0 Å². The highest BCUT2D eigenvalue weighted by Gasteiger charge is 2.35. The topological polar surface area (TPSA) is 20.2 Å². The number of aliphatic hydroxyl groups is 1. The van der Waals surface area contributed by atoms with Crippen molar-refractivity contribution < 1.29 is 5.11 Å². The molecule has 0 aliphatic heterocycles. The van der Waals surface area contributed by atoms with Crippen molar-refractivity contribution >= 4 is 11.6 Å². The maximum absolute atomic E-state index is 9.90. The molecule has 0 rings (SSSR count). The van der Waals surface area contributed by atoms with E-state index in [-0.39, 0.29) is 18.7 Å². The molecule has 0 aliphatic rings. The highest BCUT2D eigenvalue weighted by Crippen LogP contribution is 2.29. The Morgan fingerprint density at radius 3 is 1.58 bits per heavy atom. The second kappa shape index (κ2) is 5.08. The van der Waals surface area contributed by atoms with Gasteiger partial charge in [-0.3, -0.25) is 0 Å². The Morgan fingerprint density at radius 2 is 1.50 bits per heavy atom. The van der Waals surface area contributed by atoms with Crippen molar-refractivity contribution in [3.05, 3.63) is 0 Å². The van der Waals surface area contributed by atoms with Crippen molar-refractivity contribution in [1.29, 1.82) is 0 Å². The van der Waals surface area contributed by atoms with Gasteiger partial charge in [0.05, 0.1) is 11.0 Å². The van der Waals surface area contributed by atoms with Gasteiger partial charge in [-0.2, -0.15) is 0 Å². The average molecular weight is 195 g/mol. The van der Waals surface area contributed by atoms with Crippen LogP contribution in [0.15, 0.2) is 0 Å². The minimum atomic E-state index is -0.754. The van der Waals surface area contributed by atoms with Gasteiger partial charge in [0.2, 0.25) is 0 Å². The largest absolute Gasteiger partial charge is 0.388 e. The van der Waals surface area contributed by atoms with Gasteiger partial charge in [0.15, 0.2) is 0 Å². The standard InChI is InChI=1S/C9H19ClO.CH4/c1-6(2)8(10)9(5,11)7(3)4;/h6-8,11H,1-5H3;1H4. The van der Waals surface area contributed by atoms with Crippen LogP contribution in [-0.4, -0.2) is 16.1 Å². The summed E-state index contributed by atoms with van der Waals surface area (Å²) in [5.74, 6) is 0.515. The molecule has 0 saturated heterocycles. The number of alkyl halides is 1. The van der Waals surface area contributed by atoms with E-state index >= 15 is 0 Å². The van der Waals surface area contributed by atoms with E-state index in [0.29, 0.717) is 5.92 Å². The Bertz CT molecular complexity index is 119. The summed E-state index contributed by atoms with van der Waals surface area (Å²) in [6.45, 7) is 9.81. The molecule has 0 aromatic carbocycles. The van der Waals surface area contributed by atoms with Crippen molar-refractivity contribution in [2.45, 2.75) is 53.0 Å². The van der Waals surface area contributed by atoms with Crippen LogP contribution in [0, 0.1) is 11.8 Å². The van der Waals surface area contributed by atoms with Crippen molar-refractivity contribution in [3.63, 3.8) is 0 Å². The zero-order valence-corrected chi connectivity index (χ0v) is 8.81. The lowest BCUT2D eigenvalue weighted by molar-refractivity contribution is -0.000969. The average Bonchev–Trinajstić information content (AvgIpc) is 1.85. The Kier molecular flexibility index (Phi) is 6.25. The molecule has 0 spiro atoms. The number of hydrogen-bond acceptors (Lipinski definition) is 1. The van der Waals surface area contributed by atoms with Crippen LogP contribution in [0.25, 0.3) is 0 Å². The smallest absolute Gasteiger partial charge is 0.0807 e. The van der Waals surface area contributed by atoms with Gasteiger partial charge in [-0.1, -0.05) is 35.1 Å². The highest BCUT2D eigenvalue weighted by atomic mass is 35.5. The van der Waals surface area contributed by atoms with E-state index in [9.17, 15) is 5.11 Å². The number of rotatable bonds is 3. The van der Waals surface area contributed by atoms with Crippen LogP contribution in [0.1, 0.15) is 42.0 Å². The molecule has 2 heteroatoms. The van der Waals surface area contributed by atoms with Crippen molar-refractivity contribution in [3.8, 4) is 0 Å². The molecule has 0 amide bonds. The van der Waals surface area contributed by atoms with Crippen LogP contribution >= 0.6 is 11.6 Å². The maximum atomic E-state index is 9.90. The lowest BCUT2D eigenvalue weighted by atomic mass is 9.84. The zero-order valence-electron chi connectivity index (χ0n) is 8.06. The molecular weight excluding hydrogens is 172 g/mol. The van der Waals surface area contributed by atoms with Crippen molar-refractivity contribution in [1.82, 2.24) is 0 Å². The Balaban J connectivity index is 0. The van der Waals surface area contributed by atoms with E-state index in [2.05, 4.69) is 0 Å². The van der Waals surface area contributed by atoms with Gasteiger partial charge >= 0.3 is 0 Å². The third-order valence-corrected chi connectivity index (χ3v) is 3.26. The number of halogens is 1. The van der Waals surface area contributed by atoms with Crippen LogP contribution < -0.4 is 0 Å². The molecule has 12 heavy (non-hydrogen) atoms. The molecular formula is C10H23ClO. The zero-order chi connectivity index (χ0) is 9.23. The quantitative estimate of drug-likeness (QED) is 0.684. The molecule has 0 aliphatic carbocycles. The first kappa shape index (κ1) is 14.8. The van der Waals surface area contributed by atoms with E-state index in [1.807, 2.05) is 27.7 Å². The summed E-state index contributed by atoms with van der Waals surface area (Å²) < 4.78 is 0. The summed E-state index contributed by atoms with van der Waals surface area (Å²) in [5.41, 5.74) is -0.754. The van der Waals surface area contributed by atoms with Gasteiger partial charge < -0.3 is 5.11 Å². The lowest BCUT2D eigenvalue weighted by Gasteiger charge is -2.34. The summed E-state index contributed by atoms with van der Waals surface area (Å²) in [6, 6.07) is 0. The molecule has 2 atom stereocenters. The van der Waals surface area contributed by atoms with Gasteiger partial charge in [-0.25, -0.2) is 0 Å². The SMILES string of the molecule is C.CC(C)C(Cl)C(C)(O)C(C)C. The lowest BCUT2D eigenvalue weighted by Crippen LogP contribution is -2.43. The molecule has 1 N–H and O–H groups in total. The maximum Gasteiger partial charge on any atom is 0.0807 e. The Labute approximate surface area is 82.1 Å². The van der Waals surface area contributed by atoms with Crippen LogP contribution in [0.4, 0.5) is 0 Å². The first-order chi connectivity index (χ1) is 4.80. The molecule has 0 radical (unpaired) electrons. The minimum Gasteiger partial charge on any atom is -0.388 e.